The number of rotatable bonds is 5. The molecule has 2 N–H and O–H groups in total. The summed E-state index contributed by atoms with van der Waals surface area (Å²) in [7, 11) is 3.23. The number of fused-ring (bicyclic) bond motifs is 1. The number of methoxy groups -OCH3 is 2. The first kappa shape index (κ1) is 17.1. The maximum Gasteiger partial charge on any atom is 0.227 e. The lowest BCUT2D eigenvalue weighted by molar-refractivity contribution is 0.289. The Kier molecular flexibility index (Phi) is 4.72. The van der Waals surface area contributed by atoms with E-state index in [4.69, 9.17) is 20.2 Å². The molecule has 2 aliphatic heterocycles. The monoisotopic (exact) mass is 357 g/mol. The number of benzene rings is 1. The normalized spacial score (nSPS) is 20.8. The molecule has 0 saturated carbocycles. The molecule has 4 rings (SSSR count). The van der Waals surface area contributed by atoms with E-state index in [2.05, 4.69) is 14.8 Å². The van der Waals surface area contributed by atoms with Crippen LogP contribution in [0.25, 0.3) is 10.9 Å². The maximum atomic E-state index is 6.22. The minimum atomic E-state index is 0.481. The van der Waals surface area contributed by atoms with Gasteiger partial charge in [-0.2, -0.15) is 4.98 Å². The van der Waals surface area contributed by atoms with Crippen molar-refractivity contribution in [2.45, 2.75) is 19.3 Å². The standard InChI is InChI=1S/C19H27N5O2/c1-25-16-9-14-15(10-17(16)26-2)21-19(22-18(14)20)24-8-5-13(12-24)11-23-6-3-4-7-23/h9-10,13H,3-8,11-12H2,1-2H3,(H2,20,21,22)/t13-/m1/s1. The Balaban J connectivity index is 1.56. The summed E-state index contributed by atoms with van der Waals surface area (Å²) in [5.74, 6) is 3.16. The zero-order valence-electron chi connectivity index (χ0n) is 15.6. The van der Waals surface area contributed by atoms with E-state index in [-0.39, 0.29) is 0 Å². The molecule has 140 valence electrons. The van der Waals surface area contributed by atoms with Gasteiger partial charge in [-0.05, 0) is 44.3 Å². The number of hydrogen-bond acceptors (Lipinski definition) is 7. The van der Waals surface area contributed by atoms with Gasteiger partial charge in [0.25, 0.3) is 0 Å². The molecule has 1 aromatic heterocycles. The fraction of sp³-hybridized carbons (Fsp3) is 0.579. The first-order valence-electron chi connectivity index (χ1n) is 9.34. The molecule has 2 saturated heterocycles. The molecule has 26 heavy (non-hydrogen) atoms. The first-order valence-corrected chi connectivity index (χ1v) is 9.34. The van der Waals surface area contributed by atoms with Crippen LogP contribution in [0, 0.1) is 5.92 Å². The SMILES string of the molecule is COc1cc2nc(N3CC[C@H](CN4CCCC4)C3)nc(N)c2cc1OC. The molecule has 0 radical (unpaired) electrons. The minimum Gasteiger partial charge on any atom is -0.493 e. The Morgan fingerprint density at radius 3 is 2.54 bits per heavy atom. The number of ether oxygens (including phenoxy) is 2. The quantitative estimate of drug-likeness (QED) is 0.878. The van der Waals surface area contributed by atoms with Crippen molar-refractivity contribution in [2.24, 2.45) is 5.92 Å². The summed E-state index contributed by atoms with van der Waals surface area (Å²) in [6.45, 7) is 5.66. The van der Waals surface area contributed by atoms with Crippen LogP contribution in [-0.2, 0) is 0 Å². The smallest absolute Gasteiger partial charge is 0.227 e. The van der Waals surface area contributed by atoms with E-state index in [0.717, 1.165) is 24.0 Å². The first-order chi connectivity index (χ1) is 12.7. The van der Waals surface area contributed by atoms with Gasteiger partial charge in [0.1, 0.15) is 5.82 Å². The summed E-state index contributed by atoms with van der Waals surface area (Å²) >= 11 is 0. The van der Waals surface area contributed by atoms with Crippen molar-refractivity contribution in [3.05, 3.63) is 12.1 Å². The van der Waals surface area contributed by atoms with Gasteiger partial charge in [0.15, 0.2) is 11.5 Å². The number of nitrogens with two attached hydrogens (primary N) is 1. The van der Waals surface area contributed by atoms with Crippen LogP contribution in [-0.4, -0.2) is 61.8 Å². The van der Waals surface area contributed by atoms with Gasteiger partial charge in [-0.15, -0.1) is 0 Å². The number of hydrogen-bond donors (Lipinski definition) is 1. The highest BCUT2D eigenvalue weighted by molar-refractivity contribution is 5.91. The summed E-state index contributed by atoms with van der Waals surface area (Å²) in [6, 6.07) is 3.71. The second kappa shape index (κ2) is 7.15. The lowest BCUT2D eigenvalue weighted by Crippen LogP contribution is -2.29. The van der Waals surface area contributed by atoms with E-state index in [1.165, 1.54) is 38.9 Å². The molecule has 0 spiro atoms. The molecule has 1 aromatic carbocycles. The summed E-state index contributed by atoms with van der Waals surface area (Å²) in [5.41, 5.74) is 7.01. The largest absolute Gasteiger partial charge is 0.493 e. The number of aromatic nitrogens is 2. The van der Waals surface area contributed by atoms with E-state index in [9.17, 15) is 0 Å². The molecule has 2 aliphatic rings. The van der Waals surface area contributed by atoms with E-state index >= 15 is 0 Å². The summed E-state index contributed by atoms with van der Waals surface area (Å²) < 4.78 is 10.8. The third-order valence-corrected chi connectivity index (χ3v) is 5.50. The molecular weight excluding hydrogens is 330 g/mol. The van der Waals surface area contributed by atoms with Crippen LogP contribution in [0.4, 0.5) is 11.8 Å². The van der Waals surface area contributed by atoms with Crippen molar-refractivity contribution in [3.63, 3.8) is 0 Å². The van der Waals surface area contributed by atoms with Gasteiger partial charge in [-0.25, -0.2) is 4.98 Å². The molecule has 0 amide bonds. The molecule has 2 aromatic rings. The van der Waals surface area contributed by atoms with Crippen LogP contribution >= 0.6 is 0 Å². The van der Waals surface area contributed by atoms with Crippen LogP contribution < -0.4 is 20.1 Å². The predicted molar refractivity (Wildman–Crippen MR) is 103 cm³/mol. The van der Waals surface area contributed by atoms with Crippen LogP contribution in [0.2, 0.25) is 0 Å². The summed E-state index contributed by atoms with van der Waals surface area (Å²) in [4.78, 5) is 14.2. The third-order valence-electron chi connectivity index (χ3n) is 5.50. The second-order valence-electron chi connectivity index (χ2n) is 7.24. The van der Waals surface area contributed by atoms with Crippen LogP contribution in [0.3, 0.4) is 0 Å². The van der Waals surface area contributed by atoms with Crippen molar-refractivity contribution in [3.8, 4) is 11.5 Å². The van der Waals surface area contributed by atoms with Gasteiger partial charge in [-0.3, -0.25) is 0 Å². The molecule has 7 heteroatoms. The maximum absolute atomic E-state index is 6.22. The third kappa shape index (κ3) is 3.23. The Hall–Kier alpha value is -2.28. The van der Waals surface area contributed by atoms with E-state index in [1.807, 2.05) is 12.1 Å². The Labute approximate surface area is 154 Å². The number of likely N-dealkylation sites (tertiary alicyclic amines) is 1. The van der Waals surface area contributed by atoms with Gasteiger partial charge in [0.2, 0.25) is 5.95 Å². The van der Waals surface area contributed by atoms with E-state index in [1.54, 1.807) is 14.2 Å². The fourth-order valence-electron chi connectivity index (χ4n) is 4.10. The Morgan fingerprint density at radius 1 is 1.08 bits per heavy atom. The fourth-order valence-corrected chi connectivity index (χ4v) is 4.10. The predicted octanol–water partition coefficient (Wildman–Crippen LogP) is 2.15. The molecule has 0 bridgehead atoms. The molecule has 2 fully saturated rings. The van der Waals surface area contributed by atoms with Crippen molar-refractivity contribution in [1.82, 2.24) is 14.9 Å². The van der Waals surface area contributed by atoms with Crippen molar-refractivity contribution < 1.29 is 9.47 Å². The van der Waals surface area contributed by atoms with Crippen LogP contribution in [0.1, 0.15) is 19.3 Å². The van der Waals surface area contributed by atoms with Crippen molar-refractivity contribution >= 4 is 22.7 Å². The highest BCUT2D eigenvalue weighted by Gasteiger charge is 2.27. The topological polar surface area (TPSA) is 76.7 Å². The van der Waals surface area contributed by atoms with Crippen LogP contribution in [0.5, 0.6) is 11.5 Å². The minimum absolute atomic E-state index is 0.481. The lowest BCUT2D eigenvalue weighted by atomic mass is 10.1. The van der Waals surface area contributed by atoms with Gasteiger partial charge in [0.05, 0.1) is 19.7 Å². The average Bonchev–Trinajstić information content (AvgIpc) is 3.33. The van der Waals surface area contributed by atoms with Gasteiger partial charge >= 0.3 is 0 Å². The van der Waals surface area contributed by atoms with Gasteiger partial charge in [-0.1, -0.05) is 0 Å². The number of anilines is 2. The van der Waals surface area contributed by atoms with Crippen molar-refractivity contribution in [1.29, 1.82) is 0 Å². The Morgan fingerprint density at radius 2 is 1.81 bits per heavy atom. The van der Waals surface area contributed by atoms with Gasteiger partial charge < -0.3 is 25.0 Å². The molecule has 7 nitrogen and oxygen atoms in total. The highest BCUT2D eigenvalue weighted by atomic mass is 16.5. The Bertz CT molecular complexity index is 791. The highest BCUT2D eigenvalue weighted by Crippen LogP contribution is 2.34. The summed E-state index contributed by atoms with van der Waals surface area (Å²) in [5, 5.41) is 0.791. The molecule has 0 aliphatic carbocycles. The zero-order valence-corrected chi connectivity index (χ0v) is 15.6. The molecule has 1 atom stereocenters. The zero-order chi connectivity index (χ0) is 18.1. The van der Waals surface area contributed by atoms with Crippen LogP contribution in [0.15, 0.2) is 12.1 Å². The van der Waals surface area contributed by atoms with Crippen molar-refractivity contribution in [2.75, 3.05) is 57.6 Å². The number of nitrogen functional groups attached to an aromatic ring is 1. The van der Waals surface area contributed by atoms with E-state index < -0.39 is 0 Å². The molecule has 0 unspecified atom stereocenters. The molecule has 3 heterocycles. The summed E-state index contributed by atoms with van der Waals surface area (Å²) in [6.07, 6.45) is 3.86. The molecular formula is C19H27N5O2. The average molecular weight is 357 g/mol. The van der Waals surface area contributed by atoms with E-state index in [0.29, 0.717) is 29.2 Å². The second-order valence-corrected chi connectivity index (χ2v) is 7.24. The number of nitrogens with zero attached hydrogens (tertiary/aromatic N) is 4. The van der Waals surface area contributed by atoms with Gasteiger partial charge in [0, 0.05) is 31.1 Å². The lowest BCUT2D eigenvalue weighted by Gasteiger charge is -2.21.